The van der Waals surface area contributed by atoms with E-state index in [1.807, 2.05) is 49.8 Å². The zero-order chi connectivity index (χ0) is 16.4. The van der Waals surface area contributed by atoms with Crippen LogP contribution in [0.1, 0.15) is 28.4 Å². The van der Waals surface area contributed by atoms with E-state index >= 15 is 0 Å². The second kappa shape index (κ2) is 6.42. The van der Waals surface area contributed by atoms with Crippen LogP contribution in [0.3, 0.4) is 0 Å². The first-order chi connectivity index (χ1) is 11.0. The van der Waals surface area contributed by atoms with Gasteiger partial charge in [0.05, 0.1) is 12.1 Å². The van der Waals surface area contributed by atoms with E-state index in [-0.39, 0.29) is 0 Å². The molecule has 0 aliphatic heterocycles. The largest absolute Gasteiger partial charge is 0.408 e. The standard InChI is InChI=1S/C16H18ClN5O/c1-10-14(11(2)22(3)21-10)9-18-16-20-19-15(23-16)8-12-4-6-13(17)7-5-12/h4-7H,8-9H2,1-3H3,(H,18,20). The number of hydrogen-bond acceptors (Lipinski definition) is 5. The molecule has 1 aromatic carbocycles. The molecule has 0 amide bonds. The lowest BCUT2D eigenvalue weighted by Gasteiger charge is -2.02. The topological polar surface area (TPSA) is 68.8 Å². The predicted molar refractivity (Wildman–Crippen MR) is 88.6 cm³/mol. The first-order valence-electron chi connectivity index (χ1n) is 7.32. The lowest BCUT2D eigenvalue weighted by Crippen LogP contribution is -2.02. The maximum atomic E-state index is 5.88. The Hall–Kier alpha value is -2.34. The third-order valence-electron chi connectivity index (χ3n) is 3.81. The molecule has 23 heavy (non-hydrogen) atoms. The highest BCUT2D eigenvalue weighted by Crippen LogP contribution is 2.16. The lowest BCUT2D eigenvalue weighted by atomic mass is 10.1. The third kappa shape index (κ3) is 3.53. The van der Waals surface area contributed by atoms with Crippen LogP contribution in [0.4, 0.5) is 6.01 Å². The van der Waals surface area contributed by atoms with Gasteiger partial charge in [-0.15, -0.1) is 5.10 Å². The molecule has 0 aliphatic rings. The minimum absolute atomic E-state index is 0.414. The fourth-order valence-corrected chi connectivity index (χ4v) is 2.54. The Morgan fingerprint density at radius 1 is 1.17 bits per heavy atom. The molecule has 1 N–H and O–H groups in total. The van der Waals surface area contributed by atoms with Crippen LogP contribution in [-0.4, -0.2) is 20.0 Å². The van der Waals surface area contributed by atoms with E-state index in [4.69, 9.17) is 16.0 Å². The molecule has 7 heteroatoms. The molecule has 2 heterocycles. The summed E-state index contributed by atoms with van der Waals surface area (Å²) in [5, 5.41) is 16.4. The monoisotopic (exact) mass is 331 g/mol. The smallest absolute Gasteiger partial charge is 0.315 e. The molecule has 0 atom stereocenters. The van der Waals surface area contributed by atoms with Crippen LogP contribution >= 0.6 is 11.6 Å². The molecule has 2 aromatic heterocycles. The Balaban J connectivity index is 1.64. The molecular weight excluding hydrogens is 314 g/mol. The number of aryl methyl sites for hydroxylation is 2. The molecule has 120 valence electrons. The van der Waals surface area contributed by atoms with Crippen molar-refractivity contribution in [1.29, 1.82) is 0 Å². The van der Waals surface area contributed by atoms with Crippen molar-refractivity contribution in [1.82, 2.24) is 20.0 Å². The lowest BCUT2D eigenvalue weighted by molar-refractivity contribution is 0.516. The van der Waals surface area contributed by atoms with Gasteiger partial charge in [0.2, 0.25) is 5.89 Å². The molecule has 0 aliphatic carbocycles. The van der Waals surface area contributed by atoms with Crippen LogP contribution in [0.25, 0.3) is 0 Å². The van der Waals surface area contributed by atoms with E-state index in [0.717, 1.165) is 22.5 Å². The van der Waals surface area contributed by atoms with Gasteiger partial charge in [0.15, 0.2) is 0 Å². The summed E-state index contributed by atoms with van der Waals surface area (Å²) in [4.78, 5) is 0. The van der Waals surface area contributed by atoms with Crippen LogP contribution in [0.5, 0.6) is 0 Å². The fourth-order valence-electron chi connectivity index (χ4n) is 2.41. The SMILES string of the molecule is Cc1nn(C)c(C)c1CNc1nnc(Cc2ccc(Cl)cc2)o1. The number of halogens is 1. The van der Waals surface area contributed by atoms with E-state index in [1.54, 1.807) is 0 Å². The zero-order valence-electron chi connectivity index (χ0n) is 13.3. The van der Waals surface area contributed by atoms with Gasteiger partial charge in [-0.1, -0.05) is 28.8 Å². The third-order valence-corrected chi connectivity index (χ3v) is 4.06. The maximum absolute atomic E-state index is 5.88. The summed E-state index contributed by atoms with van der Waals surface area (Å²) in [5.74, 6) is 0.564. The highest BCUT2D eigenvalue weighted by molar-refractivity contribution is 6.30. The Morgan fingerprint density at radius 3 is 2.57 bits per heavy atom. The second-order valence-electron chi connectivity index (χ2n) is 5.43. The summed E-state index contributed by atoms with van der Waals surface area (Å²) in [5.41, 5.74) is 4.34. The van der Waals surface area contributed by atoms with Crippen molar-refractivity contribution in [2.75, 3.05) is 5.32 Å². The van der Waals surface area contributed by atoms with Gasteiger partial charge in [-0.3, -0.25) is 4.68 Å². The summed E-state index contributed by atoms with van der Waals surface area (Å²) in [6, 6.07) is 8.00. The predicted octanol–water partition coefficient (Wildman–Crippen LogP) is 3.28. The number of benzene rings is 1. The van der Waals surface area contributed by atoms with Crippen LogP contribution in [0, 0.1) is 13.8 Å². The molecule has 0 radical (unpaired) electrons. The maximum Gasteiger partial charge on any atom is 0.315 e. The van der Waals surface area contributed by atoms with Crippen molar-refractivity contribution < 1.29 is 4.42 Å². The summed E-state index contributed by atoms with van der Waals surface area (Å²) >= 11 is 5.88. The minimum Gasteiger partial charge on any atom is -0.408 e. The van der Waals surface area contributed by atoms with Crippen molar-refractivity contribution in [2.24, 2.45) is 7.05 Å². The van der Waals surface area contributed by atoms with E-state index < -0.39 is 0 Å². The Kier molecular flexibility index (Phi) is 4.34. The highest BCUT2D eigenvalue weighted by Gasteiger charge is 2.11. The number of nitrogens with zero attached hydrogens (tertiary/aromatic N) is 4. The van der Waals surface area contributed by atoms with Gasteiger partial charge in [-0.05, 0) is 31.5 Å². The molecule has 0 saturated heterocycles. The van der Waals surface area contributed by atoms with Crippen molar-refractivity contribution in [3.63, 3.8) is 0 Å². The van der Waals surface area contributed by atoms with Crippen molar-refractivity contribution in [2.45, 2.75) is 26.8 Å². The average molecular weight is 332 g/mol. The van der Waals surface area contributed by atoms with Crippen LogP contribution < -0.4 is 5.32 Å². The molecule has 6 nitrogen and oxygen atoms in total. The first-order valence-corrected chi connectivity index (χ1v) is 7.70. The Morgan fingerprint density at radius 2 is 1.91 bits per heavy atom. The van der Waals surface area contributed by atoms with Crippen molar-refractivity contribution in [3.05, 3.63) is 57.7 Å². The van der Waals surface area contributed by atoms with Crippen molar-refractivity contribution >= 4 is 17.6 Å². The Bertz CT molecular complexity index is 806. The quantitative estimate of drug-likeness (QED) is 0.777. The van der Waals surface area contributed by atoms with Gasteiger partial charge >= 0.3 is 6.01 Å². The molecule has 3 rings (SSSR count). The van der Waals surface area contributed by atoms with E-state index in [1.165, 1.54) is 0 Å². The van der Waals surface area contributed by atoms with Crippen LogP contribution in [0.2, 0.25) is 5.02 Å². The summed E-state index contributed by atoms with van der Waals surface area (Å²) in [7, 11) is 1.93. The van der Waals surface area contributed by atoms with Gasteiger partial charge in [-0.25, -0.2) is 0 Å². The fraction of sp³-hybridized carbons (Fsp3) is 0.312. The number of anilines is 1. The number of hydrogen-bond donors (Lipinski definition) is 1. The van der Waals surface area contributed by atoms with Gasteiger partial charge in [0, 0.05) is 29.9 Å². The van der Waals surface area contributed by atoms with Crippen molar-refractivity contribution in [3.8, 4) is 0 Å². The highest BCUT2D eigenvalue weighted by atomic mass is 35.5. The normalized spacial score (nSPS) is 11.0. The van der Waals surface area contributed by atoms with E-state index in [0.29, 0.717) is 29.9 Å². The van der Waals surface area contributed by atoms with Gasteiger partial charge < -0.3 is 9.73 Å². The molecule has 0 unspecified atom stereocenters. The number of rotatable bonds is 5. The van der Waals surface area contributed by atoms with Gasteiger partial charge in [-0.2, -0.15) is 5.10 Å². The van der Waals surface area contributed by atoms with E-state index in [9.17, 15) is 0 Å². The molecule has 3 aromatic rings. The molecular formula is C16H18ClN5O. The average Bonchev–Trinajstić information content (AvgIpc) is 3.05. The summed E-state index contributed by atoms with van der Waals surface area (Å²) < 4.78 is 7.50. The second-order valence-corrected chi connectivity index (χ2v) is 5.87. The Labute approximate surface area is 139 Å². The molecule has 0 saturated carbocycles. The zero-order valence-corrected chi connectivity index (χ0v) is 14.1. The van der Waals surface area contributed by atoms with Crippen LogP contribution in [0.15, 0.2) is 28.7 Å². The number of nitrogens with one attached hydrogen (secondary N) is 1. The van der Waals surface area contributed by atoms with E-state index in [2.05, 4.69) is 20.6 Å². The first kappa shape index (κ1) is 15.6. The molecule has 0 spiro atoms. The molecule has 0 fully saturated rings. The number of aromatic nitrogens is 4. The summed E-state index contributed by atoms with van der Waals surface area (Å²) in [6.07, 6.45) is 0.580. The summed E-state index contributed by atoms with van der Waals surface area (Å²) in [6.45, 7) is 4.63. The van der Waals surface area contributed by atoms with Gasteiger partial charge in [0.25, 0.3) is 0 Å². The van der Waals surface area contributed by atoms with Crippen LogP contribution in [-0.2, 0) is 20.0 Å². The van der Waals surface area contributed by atoms with Gasteiger partial charge in [0.1, 0.15) is 0 Å². The minimum atomic E-state index is 0.414. The molecule has 0 bridgehead atoms.